The average molecular weight is 267 g/mol. The molecule has 0 radical (unpaired) electrons. The smallest absolute Gasteiger partial charge is 0.404 e. The number of furan rings is 1. The van der Waals surface area contributed by atoms with Gasteiger partial charge in [-0.05, 0) is 51.5 Å². The van der Waals surface area contributed by atoms with Crippen LogP contribution >= 0.6 is 0 Å². The first-order valence-electron chi connectivity index (χ1n) is 6.80. The molecule has 0 saturated carbocycles. The molecule has 2 rings (SSSR count). The van der Waals surface area contributed by atoms with Crippen LogP contribution in [0.5, 0.6) is 0 Å². The fourth-order valence-electron chi connectivity index (χ4n) is 2.95. The lowest BCUT2D eigenvalue weighted by atomic mass is 9.98. The van der Waals surface area contributed by atoms with Crippen molar-refractivity contribution in [1.82, 2.24) is 10.2 Å². The van der Waals surface area contributed by atoms with Crippen molar-refractivity contribution < 1.29 is 9.34 Å². The lowest BCUT2D eigenvalue weighted by Crippen LogP contribution is -2.29. The highest BCUT2D eigenvalue weighted by Crippen LogP contribution is 2.38. The predicted molar refractivity (Wildman–Crippen MR) is 72.0 cm³/mol. The predicted octanol–water partition coefficient (Wildman–Crippen LogP) is 2.18. The van der Waals surface area contributed by atoms with Crippen LogP contribution in [0.1, 0.15) is 31.6 Å². The van der Waals surface area contributed by atoms with Crippen LogP contribution in [-0.4, -0.2) is 36.5 Å². The van der Waals surface area contributed by atoms with E-state index in [1.165, 1.54) is 6.07 Å². The molecule has 1 saturated heterocycles. The van der Waals surface area contributed by atoms with Crippen molar-refractivity contribution >= 4 is 5.88 Å². The van der Waals surface area contributed by atoms with E-state index in [1.807, 2.05) is 7.05 Å². The van der Waals surface area contributed by atoms with Crippen molar-refractivity contribution in [3.05, 3.63) is 28.0 Å². The molecule has 1 aliphatic rings. The third-order valence-corrected chi connectivity index (χ3v) is 3.69. The molecule has 1 aliphatic heterocycles. The number of rotatable bonds is 6. The first-order valence-corrected chi connectivity index (χ1v) is 6.80. The van der Waals surface area contributed by atoms with Gasteiger partial charge in [-0.2, -0.15) is 0 Å². The maximum Gasteiger partial charge on any atom is 0.433 e. The van der Waals surface area contributed by atoms with Gasteiger partial charge in [0, 0.05) is 0 Å². The van der Waals surface area contributed by atoms with Crippen molar-refractivity contribution in [3.63, 3.8) is 0 Å². The zero-order valence-electron chi connectivity index (χ0n) is 11.5. The third-order valence-electron chi connectivity index (χ3n) is 3.69. The van der Waals surface area contributed by atoms with Gasteiger partial charge in [-0.1, -0.05) is 6.92 Å². The van der Waals surface area contributed by atoms with Gasteiger partial charge in [-0.15, -0.1) is 0 Å². The fourth-order valence-corrected chi connectivity index (χ4v) is 2.95. The lowest BCUT2D eigenvalue weighted by Gasteiger charge is -2.25. The van der Waals surface area contributed by atoms with Gasteiger partial charge in [-0.25, -0.2) is 0 Å². The Morgan fingerprint density at radius 2 is 2.37 bits per heavy atom. The van der Waals surface area contributed by atoms with E-state index < -0.39 is 4.92 Å². The summed E-state index contributed by atoms with van der Waals surface area (Å²) in [4.78, 5) is 12.6. The second-order valence-corrected chi connectivity index (χ2v) is 5.02. The van der Waals surface area contributed by atoms with Crippen LogP contribution in [0.4, 0.5) is 5.88 Å². The van der Waals surface area contributed by atoms with Crippen LogP contribution in [0, 0.1) is 16.0 Å². The van der Waals surface area contributed by atoms with Crippen molar-refractivity contribution in [3.8, 4) is 0 Å². The standard InChI is InChI=1S/C13H21N3O3/c1-3-7-15-8-6-10(9-14-2)13(15)11-4-5-12(19-11)16(17)18/h4-5,10,13-14H,3,6-9H2,1-2H3. The molecule has 0 spiro atoms. The monoisotopic (exact) mass is 267 g/mol. The Kier molecular flexibility index (Phi) is 4.55. The molecule has 19 heavy (non-hydrogen) atoms. The van der Waals surface area contributed by atoms with E-state index in [0.29, 0.717) is 5.92 Å². The molecule has 1 fully saturated rings. The molecule has 1 N–H and O–H groups in total. The zero-order chi connectivity index (χ0) is 13.8. The number of hydrogen-bond donors (Lipinski definition) is 1. The van der Waals surface area contributed by atoms with Crippen molar-refractivity contribution in [2.24, 2.45) is 5.92 Å². The topological polar surface area (TPSA) is 71.5 Å². The van der Waals surface area contributed by atoms with E-state index in [9.17, 15) is 10.1 Å². The summed E-state index contributed by atoms with van der Waals surface area (Å²) < 4.78 is 5.41. The molecule has 1 aromatic heterocycles. The molecule has 6 heteroatoms. The number of nitro groups is 1. The first kappa shape index (κ1) is 14.0. The molecule has 106 valence electrons. The zero-order valence-corrected chi connectivity index (χ0v) is 11.5. The maximum atomic E-state index is 10.7. The molecular formula is C13H21N3O3. The van der Waals surface area contributed by atoms with Crippen LogP contribution in [0.2, 0.25) is 0 Å². The number of nitrogens with zero attached hydrogens (tertiary/aromatic N) is 2. The van der Waals surface area contributed by atoms with Gasteiger partial charge >= 0.3 is 5.88 Å². The third kappa shape index (κ3) is 2.96. The van der Waals surface area contributed by atoms with Crippen LogP contribution in [0.25, 0.3) is 0 Å². The largest absolute Gasteiger partial charge is 0.433 e. The fraction of sp³-hybridized carbons (Fsp3) is 0.692. The van der Waals surface area contributed by atoms with E-state index in [2.05, 4.69) is 17.1 Å². The summed E-state index contributed by atoms with van der Waals surface area (Å²) in [6.45, 7) is 5.07. The second kappa shape index (κ2) is 6.16. The van der Waals surface area contributed by atoms with E-state index in [0.717, 1.165) is 38.2 Å². The van der Waals surface area contributed by atoms with Crippen LogP contribution in [-0.2, 0) is 0 Å². The summed E-state index contributed by atoms with van der Waals surface area (Å²) in [6, 6.07) is 3.36. The molecule has 2 unspecified atom stereocenters. The summed E-state index contributed by atoms with van der Waals surface area (Å²) in [5.74, 6) is 1.00. The molecule has 0 aromatic carbocycles. The average Bonchev–Trinajstić information content (AvgIpc) is 2.97. The molecule has 0 amide bonds. The summed E-state index contributed by atoms with van der Waals surface area (Å²) in [5.41, 5.74) is 0. The van der Waals surface area contributed by atoms with Gasteiger partial charge in [0.15, 0.2) is 0 Å². The Morgan fingerprint density at radius 1 is 1.58 bits per heavy atom. The molecule has 0 bridgehead atoms. The molecular weight excluding hydrogens is 246 g/mol. The Bertz CT molecular complexity index is 419. The highest BCUT2D eigenvalue weighted by Gasteiger charge is 2.37. The van der Waals surface area contributed by atoms with E-state index in [1.54, 1.807) is 6.07 Å². The summed E-state index contributed by atoms with van der Waals surface area (Å²) in [7, 11) is 1.93. The summed E-state index contributed by atoms with van der Waals surface area (Å²) in [6.07, 6.45) is 2.17. The van der Waals surface area contributed by atoms with Crippen LogP contribution in [0.15, 0.2) is 16.5 Å². The maximum absolute atomic E-state index is 10.7. The Labute approximate surface area is 112 Å². The first-order chi connectivity index (χ1) is 9.17. The number of nitrogens with one attached hydrogen (secondary N) is 1. The Morgan fingerprint density at radius 3 is 2.95 bits per heavy atom. The second-order valence-electron chi connectivity index (χ2n) is 5.02. The van der Waals surface area contributed by atoms with Crippen LogP contribution < -0.4 is 5.32 Å². The van der Waals surface area contributed by atoms with Gasteiger partial charge in [0.25, 0.3) is 0 Å². The lowest BCUT2D eigenvalue weighted by molar-refractivity contribution is -0.402. The van der Waals surface area contributed by atoms with Gasteiger partial charge in [0.2, 0.25) is 0 Å². The highest BCUT2D eigenvalue weighted by atomic mass is 16.6. The molecule has 1 aromatic rings. The van der Waals surface area contributed by atoms with Gasteiger partial charge in [0.05, 0.1) is 12.1 Å². The van der Waals surface area contributed by atoms with Crippen molar-refractivity contribution in [2.45, 2.75) is 25.8 Å². The summed E-state index contributed by atoms with van der Waals surface area (Å²) >= 11 is 0. The quantitative estimate of drug-likeness (QED) is 0.632. The molecule has 2 heterocycles. The minimum absolute atomic E-state index is 0.154. The Balaban J connectivity index is 2.21. The minimum atomic E-state index is -0.476. The van der Waals surface area contributed by atoms with Crippen LogP contribution in [0.3, 0.4) is 0 Å². The van der Waals surface area contributed by atoms with Gasteiger partial charge in [0.1, 0.15) is 10.7 Å². The summed E-state index contributed by atoms with van der Waals surface area (Å²) in [5, 5.41) is 13.9. The normalized spacial score (nSPS) is 23.9. The molecule has 6 nitrogen and oxygen atoms in total. The highest BCUT2D eigenvalue weighted by molar-refractivity contribution is 5.21. The SMILES string of the molecule is CCCN1CCC(CNC)C1c1ccc([N+](=O)[O-])o1. The molecule has 2 atom stereocenters. The van der Waals surface area contributed by atoms with Crippen molar-refractivity contribution in [2.75, 3.05) is 26.7 Å². The molecule has 0 aliphatic carbocycles. The van der Waals surface area contributed by atoms with Gasteiger partial charge in [-0.3, -0.25) is 15.0 Å². The van der Waals surface area contributed by atoms with E-state index in [4.69, 9.17) is 4.42 Å². The number of likely N-dealkylation sites (tertiary alicyclic amines) is 1. The Hall–Kier alpha value is -1.40. The van der Waals surface area contributed by atoms with Crippen molar-refractivity contribution in [1.29, 1.82) is 0 Å². The van der Waals surface area contributed by atoms with E-state index >= 15 is 0 Å². The number of hydrogen-bond acceptors (Lipinski definition) is 5. The van der Waals surface area contributed by atoms with E-state index in [-0.39, 0.29) is 11.9 Å². The van der Waals surface area contributed by atoms with Gasteiger partial charge < -0.3 is 9.73 Å². The minimum Gasteiger partial charge on any atom is -0.404 e.